The Labute approximate surface area is 178 Å². The van der Waals surface area contributed by atoms with E-state index < -0.39 is 6.10 Å². The summed E-state index contributed by atoms with van der Waals surface area (Å²) in [7, 11) is 0. The van der Waals surface area contributed by atoms with E-state index in [0.29, 0.717) is 19.3 Å². The molecule has 5 heteroatoms. The van der Waals surface area contributed by atoms with Crippen molar-refractivity contribution < 1.29 is 24.8 Å². The lowest BCUT2D eigenvalue weighted by Crippen LogP contribution is -2.33. The average molecular weight is 413 g/mol. The molecule has 5 atom stereocenters. The molecule has 1 aliphatic heterocycles. The molecule has 3 N–H and O–H groups in total. The zero-order valence-electron chi connectivity index (χ0n) is 17.5. The Kier molecular flexibility index (Phi) is 6.74. The number of aryl methyl sites for hydroxylation is 1. The van der Waals surface area contributed by atoms with Gasteiger partial charge in [0.25, 0.3) is 0 Å². The number of benzene rings is 2. The van der Waals surface area contributed by atoms with Crippen molar-refractivity contribution in [3.05, 3.63) is 64.7 Å². The minimum Gasteiger partial charge on any atom is -0.490 e. The SMILES string of the molecule is Cc1ccc([C@H]2CC(O)C[C@@H](CO)O2)cc1Cc1ccc(OC2CCC(O)C2)cc1. The van der Waals surface area contributed by atoms with E-state index in [1.165, 1.54) is 16.7 Å². The van der Waals surface area contributed by atoms with Crippen molar-refractivity contribution in [3.63, 3.8) is 0 Å². The second-order valence-corrected chi connectivity index (χ2v) is 8.77. The maximum Gasteiger partial charge on any atom is 0.119 e. The highest BCUT2D eigenvalue weighted by molar-refractivity contribution is 5.38. The van der Waals surface area contributed by atoms with E-state index in [-0.39, 0.29) is 31.0 Å². The van der Waals surface area contributed by atoms with Crippen molar-refractivity contribution in [2.75, 3.05) is 6.61 Å². The first-order chi connectivity index (χ1) is 14.5. The van der Waals surface area contributed by atoms with E-state index >= 15 is 0 Å². The average Bonchev–Trinajstić information content (AvgIpc) is 3.15. The van der Waals surface area contributed by atoms with Crippen LogP contribution in [-0.4, -0.2) is 46.3 Å². The predicted molar refractivity (Wildman–Crippen MR) is 115 cm³/mol. The lowest BCUT2D eigenvalue weighted by atomic mass is 9.92. The fourth-order valence-corrected chi connectivity index (χ4v) is 4.53. The molecule has 1 heterocycles. The first-order valence-corrected chi connectivity index (χ1v) is 11.0. The van der Waals surface area contributed by atoms with Gasteiger partial charge in [-0.15, -0.1) is 0 Å². The minimum atomic E-state index is -0.445. The molecule has 0 amide bonds. The van der Waals surface area contributed by atoms with Crippen LogP contribution in [0.3, 0.4) is 0 Å². The summed E-state index contributed by atoms with van der Waals surface area (Å²) < 4.78 is 12.0. The van der Waals surface area contributed by atoms with Gasteiger partial charge < -0.3 is 24.8 Å². The van der Waals surface area contributed by atoms with Gasteiger partial charge in [0.05, 0.1) is 31.0 Å². The second-order valence-electron chi connectivity index (χ2n) is 8.77. The summed E-state index contributed by atoms with van der Waals surface area (Å²) in [6.07, 6.45) is 3.22. The maximum atomic E-state index is 10.1. The molecule has 0 bridgehead atoms. The van der Waals surface area contributed by atoms with Gasteiger partial charge in [-0.1, -0.05) is 30.3 Å². The van der Waals surface area contributed by atoms with Crippen molar-refractivity contribution >= 4 is 0 Å². The van der Waals surface area contributed by atoms with Crippen LogP contribution in [0.25, 0.3) is 0 Å². The standard InChI is InChI=1S/C25H32O5/c1-16-2-5-18(25-14-21(28)13-24(15-26)30-25)11-19(16)10-17-3-7-22(8-4-17)29-23-9-6-20(27)12-23/h2-5,7-8,11,20-21,23-28H,6,9-10,12-15H2,1H3/t20?,21?,23?,24-,25+/m0/s1. The van der Waals surface area contributed by atoms with E-state index in [2.05, 4.69) is 37.3 Å². The smallest absolute Gasteiger partial charge is 0.119 e. The van der Waals surface area contributed by atoms with Crippen LogP contribution in [-0.2, 0) is 11.2 Å². The molecule has 2 aromatic rings. The Morgan fingerprint density at radius 1 is 0.967 bits per heavy atom. The van der Waals surface area contributed by atoms with E-state index in [4.69, 9.17) is 9.47 Å². The Morgan fingerprint density at radius 3 is 2.47 bits per heavy atom. The zero-order chi connectivity index (χ0) is 21.1. The number of aliphatic hydroxyl groups excluding tert-OH is 3. The van der Waals surface area contributed by atoms with Gasteiger partial charge in [-0.25, -0.2) is 0 Å². The summed E-state index contributed by atoms with van der Waals surface area (Å²) in [5.41, 5.74) is 4.69. The summed E-state index contributed by atoms with van der Waals surface area (Å²) >= 11 is 0. The molecule has 4 rings (SSSR count). The van der Waals surface area contributed by atoms with E-state index in [0.717, 1.165) is 30.6 Å². The van der Waals surface area contributed by atoms with Crippen LogP contribution in [0.4, 0.5) is 0 Å². The van der Waals surface area contributed by atoms with Gasteiger partial charge in [-0.3, -0.25) is 0 Å². The third-order valence-electron chi connectivity index (χ3n) is 6.30. The Morgan fingerprint density at radius 2 is 1.77 bits per heavy atom. The highest BCUT2D eigenvalue weighted by Crippen LogP contribution is 2.33. The van der Waals surface area contributed by atoms with Crippen molar-refractivity contribution in [1.82, 2.24) is 0 Å². The molecule has 1 aliphatic carbocycles. The lowest BCUT2D eigenvalue weighted by Gasteiger charge is -2.32. The Bertz CT molecular complexity index is 834. The number of rotatable bonds is 6. The molecule has 5 nitrogen and oxygen atoms in total. The van der Waals surface area contributed by atoms with E-state index in [1.54, 1.807) is 0 Å². The van der Waals surface area contributed by atoms with Crippen LogP contribution in [0, 0.1) is 6.92 Å². The molecule has 2 aliphatic rings. The molecule has 2 fully saturated rings. The van der Waals surface area contributed by atoms with Gasteiger partial charge >= 0.3 is 0 Å². The van der Waals surface area contributed by atoms with Crippen LogP contribution >= 0.6 is 0 Å². The fourth-order valence-electron chi connectivity index (χ4n) is 4.53. The Balaban J connectivity index is 1.43. The Hall–Kier alpha value is -1.92. The normalized spacial score (nSPS) is 29.1. The number of aliphatic hydroxyl groups is 3. The summed E-state index contributed by atoms with van der Waals surface area (Å²) in [5.74, 6) is 0.850. The van der Waals surface area contributed by atoms with Crippen LogP contribution < -0.4 is 4.74 Å². The second kappa shape index (κ2) is 9.48. The summed E-state index contributed by atoms with van der Waals surface area (Å²) in [6, 6.07) is 14.5. The molecule has 1 saturated heterocycles. The molecule has 0 aromatic heterocycles. The third-order valence-corrected chi connectivity index (χ3v) is 6.30. The molecule has 0 radical (unpaired) electrons. The van der Waals surface area contributed by atoms with Gasteiger partial charge in [0, 0.05) is 19.3 Å². The molecule has 0 spiro atoms. The number of hydrogen-bond acceptors (Lipinski definition) is 5. The highest BCUT2D eigenvalue weighted by Gasteiger charge is 2.29. The maximum absolute atomic E-state index is 10.1. The molecule has 1 saturated carbocycles. The third kappa shape index (κ3) is 5.22. The monoisotopic (exact) mass is 412 g/mol. The lowest BCUT2D eigenvalue weighted by molar-refractivity contribution is -0.113. The van der Waals surface area contributed by atoms with Crippen LogP contribution in [0.5, 0.6) is 5.75 Å². The molecule has 30 heavy (non-hydrogen) atoms. The minimum absolute atomic E-state index is 0.0689. The van der Waals surface area contributed by atoms with Crippen LogP contribution in [0.15, 0.2) is 42.5 Å². The summed E-state index contributed by atoms with van der Waals surface area (Å²) in [5, 5.41) is 29.2. The van der Waals surface area contributed by atoms with Crippen LogP contribution in [0.2, 0.25) is 0 Å². The topological polar surface area (TPSA) is 79.2 Å². The first kappa shape index (κ1) is 21.3. The van der Waals surface area contributed by atoms with Gasteiger partial charge in [0.2, 0.25) is 0 Å². The molecule has 2 aromatic carbocycles. The highest BCUT2D eigenvalue weighted by atomic mass is 16.5. The predicted octanol–water partition coefficient (Wildman–Crippen LogP) is 3.45. The largest absolute Gasteiger partial charge is 0.490 e. The molecular formula is C25H32O5. The van der Waals surface area contributed by atoms with Gasteiger partial charge in [-0.2, -0.15) is 0 Å². The number of ether oxygens (including phenoxy) is 2. The first-order valence-electron chi connectivity index (χ1n) is 11.0. The fraction of sp³-hybridized carbons (Fsp3) is 0.520. The number of hydrogen-bond donors (Lipinski definition) is 3. The van der Waals surface area contributed by atoms with Crippen LogP contribution in [0.1, 0.15) is 60.5 Å². The molecular weight excluding hydrogens is 380 g/mol. The summed E-state index contributed by atoms with van der Waals surface area (Å²) in [4.78, 5) is 0. The molecule has 162 valence electrons. The van der Waals surface area contributed by atoms with E-state index in [1.807, 2.05) is 12.1 Å². The van der Waals surface area contributed by atoms with Crippen molar-refractivity contribution in [2.24, 2.45) is 0 Å². The summed E-state index contributed by atoms with van der Waals surface area (Å²) in [6.45, 7) is 2.04. The van der Waals surface area contributed by atoms with Crippen molar-refractivity contribution in [1.29, 1.82) is 0 Å². The van der Waals surface area contributed by atoms with Gasteiger partial charge in [0.1, 0.15) is 11.9 Å². The zero-order valence-corrected chi connectivity index (χ0v) is 17.5. The quantitative estimate of drug-likeness (QED) is 0.677. The van der Waals surface area contributed by atoms with Crippen molar-refractivity contribution in [3.8, 4) is 5.75 Å². The molecule has 3 unspecified atom stereocenters. The van der Waals surface area contributed by atoms with Crippen molar-refractivity contribution in [2.45, 2.75) is 76.0 Å². The van der Waals surface area contributed by atoms with Gasteiger partial charge in [0.15, 0.2) is 0 Å². The van der Waals surface area contributed by atoms with E-state index in [9.17, 15) is 15.3 Å². The van der Waals surface area contributed by atoms with Gasteiger partial charge in [-0.05, 0) is 60.6 Å².